The normalized spacial score (nSPS) is 22.9. The fourth-order valence-corrected chi connectivity index (χ4v) is 2.19. The number of aromatic nitrogens is 2. The third-order valence-electron chi connectivity index (χ3n) is 3.54. The van der Waals surface area contributed by atoms with E-state index in [1.165, 1.54) is 0 Å². The van der Waals surface area contributed by atoms with E-state index in [1.807, 2.05) is 11.8 Å². The summed E-state index contributed by atoms with van der Waals surface area (Å²) in [5.41, 5.74) is 6.49. The summed E-state index contributed by atoms with van der Waals surface area (Å²) in [7, 11) is 0. The Kier molecular flexibility index (Phi) is 4.76. The summed E-state index contributed by atoms with van der Waals surface area (Å²) in [5, 5.41) is 4.13. The number of amides is 1. The van der Waals surface area contributed by atoms with Gasteiger partial charge in [0.2, 0.25) is 0 Å². The molecule has 102 valence electrons. The van der Waals surface area contributed by atoms with Gasteiger partial charge in [0.25, 0.3) is 5.91 Å². The fourth-order valence-electron chi connectivity index (χ4n) is 2.19. The molecule has 1 aliphatic rings. The summed E-state index contributed by atoms with van der Waals surface area (Å²) in [6.07, 6.45) is 4.43. The highest BCUT2D eigenvalue weighted by Gasteiger charge is 2.35. The monoisotopic (exact) mass is 272 g/mol. The summed E-state index contributed by atoms with van der Waals surface area (Å²) in [5.74, 6) is 0.0712. The molecule has 1 aromatic rings. The molecule has 1 aliphatic heterocycles. The molecule has 1 amide bonds. The number of likely N-dealkylation sites (tertiary alicyclic amines) is 1. The highest BCUT2D eigenvalue weighted by Crippen LogP contribution is 2.29. The molecule has 1 saturated heterocycles. The molecule has 5 nitrogen and oxygen atoms in total. The van der Waals surface area contributed by atoms with Crippen molar-refractivity contribution in [3.05, 3.63) is 18.0 Å². The van der Waals surface area contributed by atoms with Crippen LogP contribution in [0, 0.1) is 5.41 Å². The lowest BCUT2D eigenvalue weighted by molar-refractivity contribution is 0.0777. The number of carbonyl (C=O) groups excluding carboxylic acids is 1. The zero-order valence-corrected chi connectivity index (χ0v) is 11.7. The highest BCUT2D eigenvalue weighted by atomic mass is 35.5. The van der Waals surface area contributed by atoms with Gasteiger partial charge in [0.05, 0.1) is 11.8 Å². The quantitative estimate of drug-likeness (QED) is 0.897. The van der Waals surface area contributed by atoms with Crippen molar-refractivity contribution in [2.75, 3.05) is 19.6 Å². The first-order chi connectivity index (χ1) is 8.08. The van der Waals surface area contributed by atoms with Crippen LogP contribution in [0.25, 0.3) is 0 Å². The van der Waals surface area contributed by atoms with Crippen molar-refractivity contribution < 1.29 is 4.79 Å². The van der Waals surface area contributed by atoms with E-state index in [0.717, 1.165) is 26.1 Å². The molecular formula is C12H21ClN4O. The summed E-state index contributed by atoms with van der Waals surface area (Å²) >= 11 is 0. The molecule has 0 aromatic carbocycles. The summed E-state index contributed by atoms with van der Waals surface area (Å²) in [6, 6.07) is 0. The number of rotatable bonds is 3. The number of nitrogens with two attached hydrogens (primary N) is 1. The third kappa shape index (κ3) is 2.84. The van der Waals surface area contributed by atoms with Gasteiger partial charge in [-0.25, -0.2) is 0 Å². The lowest BCUT2D eigenvalue weighted by atomic mass is 9.90. The molecule has 1 atom stereocenters. The smallest absolute Gasteiger partial charge is 0.257 e. The van der Waals surface area contributed by atoms with Crippen LogP contribution in [0.2, 0.25) is 0 Å². The molecule has 1 fully saturated rings. The third-order valence-corrected chi connectivity index (χ3v) is 3.54. The Labute approximate surface area is 114 Å². The second-order valence-electron chi connectivity index (χ2n) is 5.08. The minimum Gasteiger partial charge on any atom is -0.338 e. The first-order valence-electron chi connectivity index (χ1n) is 6.10. The van der Waals surface area contributed by atoms with E-state index in [-0.39, 0.29) is 23.7 Å². The van der Waals surface area contributed by atoms with Crippen molar-refractivity contribution in [3.63, 3.8) is 0 Å². The van der Waals surface area contributed by atoms with Crippen LogP contribution in [-0.2, 0) is 6.54 Å². The Morgan fingerprint density at radius 1 is 1.61 bits per heavy atom. The molecule has 2 N–H and O–H groups in total. The predicted octanol–water partition coefficient (Wildman–Crippen LogP) is 1.14. The summed E-state index contributed by atoms with van der Waals surface area (Å²) in [4.78, 5) is 14.1. The van der Waals surface area contributed by atoms with E-state index in [0.29, 0.717) is 12.1 Å². The Morgan fingerprint density at radius 2 is 2.33 bits per heavy atom. The molecule has 18 heavy (non-hydrogen) atoms. The molecule has 0 radical (unpaired) electrons. The molecule has 1 aromatic heterocycles. The zero-order chi connectivity index (χ0) is 12.5. The van der Waals surface area contributed by atoms with Crippen molar-refractivity contribution in [2.45, 2.75) is 26.8 Å². The highest BCUT2D eigenvalue weighted by molar-refractivity contribution is 5.93. The predicted molar refractivity (Wildman–Crippen MR) is 72.8 cm³/mol. The first-order valence-corrected chi connectivity index (χ1v) is 6.10. The second-order valence-corrected chi connectivity index (χ2v) is 5.08. The van der Waals surface area contributed by atoms with Crippen LogP contribution in [0.1, 0.15) is 30.6 Å². The standard InChI is InChI=1S/C12H20N4O.ClH/c1-3-16-7-10(6-14-16)11(17)15-5-4-12(2,8-13)9-15;/h6-7H,3-5,8-9,13H2,1-2H3;1H. The van der Waals surface area contributed by atoms with Gasteiger partial charge in [-0.2, -0.15) is 5.10 Å². The van der Waals surface area contributed by atoms with Gasteiger partial charge in [0.15, 0.2) is 0 Å². The van der Waals surface area contributed by atoms with Crippen molar-refractivity contribution >= 4 is 18.3 Å². The molecule has 0 bridgehead atoms. The topological polar surface area (TPSA) is 64.2 Å². The van der Waals surface area contributed by atoms with Gasteiger partial charge < -0.3 is 10.6 Å². The maximum Gasteiger partial charge on any atom is 0.257 e. The van der Waals surface area contributed by atoms with Crippen LogP contribution in [0.15, 0.2) is 12.4 Å². The molecule has 6 heteroatoms. The lowest BCUT2D eigenvalue weighted by Crippen LogP contribution is -2.34. The molecule has 2 heterocycles. The number of hydrogen-bond donors (Lipinski definition) is 1. The van der Waals surface area contributed by atoms with Crippen LogP contribution in [0.4, 0.5) is 0 Å². The maximum absolute atomic E-state index is 12.2. The first kappa shape index (κ1) is 15.0. The SMILES string of the molecule is CCn1cc(C(=O)N2CCC(C)(CN)C2)cn1.Cl. The minimum atomic E-state index is 0. The average molecular weight is 273 g/mol. The van der Waals surface area contributed by atoms with E-state index in [2.05, 4.69) is 12.0 Å². The van der Waals surface area contributed by atoms with Crippen LogP contribution in [-0.4, -0.2) is 40.2 Å². The molecular weight excluding hydrogens is 252 g/mol. The van der Waals surface area contributed by atoms with Crippen LogP contribution >= 0.6 is 12.4 Å². The van der Waals surface area contributed by atoms with Gasteiger partial charge in [-0.3, -0.25) is 9.48 Å². The van der Waals surface area contributed by atoms with Crippen LogP contribution in [0.5, 0.6) is 0 Å². The van der Waals surface area contributed by atoms with Gasteiger partial charge in [0, 0.05) is 25.8 Å². The number of aryl methyl sites for hydroxylation is 1. The zero-order valence-electron chi connectivity index (χ0n) is 10.9. The molecule has 0 spiro atoms. The van der Waals surface area contributed by atoms with Crippen molar-refractivity contribution in [2.24, 2.45) is 11.1 Å². The molecule has 2 rings (SSSR count). The number of carbonyl (C=O) groups is 1. The van der Waals surface area contributed by atoms with Crippen molar-refractivity contribution in [1.29, 1.82) is 0 Å². The van der Waals surface area contributed by atoms with E-state index in [4.69, 9.17) is 5.73 Å². The van der Waals surface area contributed by atoms with Gasteiger partial charge in [0.1, 0.15) is 0 Å². The van der Waals surface area contributed by atoms with Gasteiger partial charge in [-0.1, -0.05) is 6.92 Å². The van der Waals surface area contributed by atoms with Crippen LogP contribution < -0.4 is 5.73 Å². The maximum atomic E-state index is 12.2. The fraction of sp³-hybridized carbons (Fsp3) is 0.667. The van der Waals surface area contributed by atoms with E-state index in [1.54, 1.807) is 17.1 Å². The van der Waals surface area contributed by atoms with E-state index < -0.39 is 0 Å². The largest absolute Gasteiger partial charge is 0.338 e. The van der Waals surface area contributed by atoms with E-state index >= 15 is 0 Å². The number of nitrogens with zero attached hydrogens (tertiary/aromatic N) is 3. The Balaban J connectivity index is 0.00000162. The lowest BCUT2D eigenvalue weighted by Gasteiger charge is -2.22. The molecule has 0 saturated carbocycles. The minimum absolute atomic E-state index is 0. The Hall–Kier alpha value is -1.07. The summed E-state index contributed by atoms with van der Waals surface area (Å²) < 4.78 is 1.77. The van der Waals surface area contributed by atoms with Gasteiger partial charge in [-0.15, -0.1) is 12.4 Å². The molecule has 1 unspecified atom stereocenters. The van der Waals surface area contributed by atoms with Crippen LogP contribution in [0.3, 0.4) is 0 Å². The number of hydrogen-bond acceptors (Lipinski definition) is 3. The van der Waals surface area contributed by atoms with Gasteiger partial charge in [-0.05, 0) is 25.3 Å². The van der Waals surface area contributed by atoms with Crippen molar-refractivity contribution in [3.8, 4) is 0 Å². The molecule has 0 aliphatic carbocycles. The second kappa shape index (κ2) is 5.71. The van der Waals surface area contributed by atoms with E-state index in [9.17, 15) is 4.79 Å². The Bertz CT molecular complexity index is 420. The van der Waals surface area contributed by atoms with Gasteiger partial charge >= 0.3 is 0 Å². The average Bonchev–Trinajstić information content (AvgIpc) is 2.95. The Morgan fingerprint density at radius 3 is 2.83 bits per heavy atom. The number of halogens is 1. The van der Waals surface area contributed by atoms with Crippen molar-refractivity contribution in [1.82, 2.24) is 14.7 Å². The summed E-state index contributed by atoms with van der Waals surface area (Å²) in [6.45, 7) is 7.10.